The maximum atomic E-state index is 11.4. The molecule has 0 unspecified atom stereocenters. The molecule has 4 atom stereocenters. The van der Waals surface area contributed by atoms with Crippen molar-refractivity contribution in [3.63, 3.8) is 0 Å². The summed E-state index contributed by atoms with van der Waals surface area (Å²) < 4.78 is 11.4. The molecule has 3 N–H and O–H groups in total. The molecule has 1 saturated carbocycles. The highest BCUT2D eigenvalue weighted by molar-refractivity contribution is 5.73. The number of aliphatic hydroxyl groups is 1. The number of benzene rings is 1. The van der Waals surface area contributed by atoms with E-state index in [-0.39, 0.29) is 18.4 Å². The molecule has 1 saturated heterocycles. The first-order valence-corrected chi connectivity index (χ1v) is 10.7. The predicted octanol–water partition coefficient (Wildman–Crippen LogP) is 2.07. The van der Waals surface area contributed by atoms with E-state index >= 15 is 0 Å². The van der Waals surface area contributed by atoms with Crippen molar-refractivity contribution in [2.45, 2.75) is 45.4 Å². The number of methoxy groups -OCH3 is 1. The quantitative estimate of drug-likeness (QED) is 0.598. The Morgan fingerprint density at radius 1 is 1.31 bits per heavy atom. The minimum atomic E-state index is -0.467. The Labute approximate surface area is 187 Å². The van der Waals surface area contributed by atoms with Crippen LogP contribution in [0.15, 0.2) is 28.7 Å². The van der Waals surface area contributed by atoms with Gasteiger partial charge in [0.05, 0.1) is 30.5 Å². The first-order chi connectivity index (χ1) is 15.4. The third kappa shape index (κ3) is 5.46. The molecule has 2 aromatic rings. The van der Waals surface area contributed by atoms with E-state index in [0.29, 0.717) is 17.7 Å². The number of hydrogen-bond donors (Lipinski definition) is 3. The van der Waals surface area contributed by atoms with Crippen molar-refractivity contribution in [2.24, 2.45) is 11.8 Å². The first-order valence-electron chi connectivity index (χ1n) is 10.7. The van der Waals surface area contributed by atoms with Gasteiger partial charge in [0, 0.05) is 26.6 Å². The van der Waals surface area contributed by atoms with Gasteiger partial charge in [0.2, 0.25) is 11.8 Å². The van der Waals surface area contributed by atoms with Crippen molar-refractivity contribution in [1.82, 2.24) is 15.2 Å². The summed E-state index contributed by atoms with van der Waals surface area (Å²) in [5.41, 5.74) is 1.78. The number of nitrogens with zero attached hydrogens (tertiary/aromatic N) is 2. The maximum Gasteiger partial charge on any atom is 0.290 e. The van der Waals surface area contributed by atoms with E-state index in [1.165, 1.54) is 6.92 Å². The summed E-state index contributed by atoms with van der Waals surface area (Å²) in [6.45, 7) is 5.81. The second-order valence-electron chi connectivity index (χ2n) is 8.39. The van der Waals surface area contributed by atoms with Gasteiger partial charge in [-0.25, -0.2) is 4.98 Å². The van der Waals surface area contributed by atoms with E-state index in [1.54, 1.807) is 7.11 Å². The van der Waals surface area contributed by atoms with E-state index in [9.17, 15) is 9.90 Å². The maximum absolute atomic E-state index is 11.4. The fraction of sp³-hybridized carbons (Fsp3) is 0.522. The van der Waals surface area contributed by atoms with Crippen LogP contribution in [0.2, 0.25) is 0 Å². The SMILES string of the molecule is COc1ccccc1-c1nc(CN2C[C@H]3C[C@H](O)[C@@H](NC(C)=O)C[C@H]3C2)c(C)o1.O=CO. The minimum Gasteiger partial charge on any atom is -0.496 e. The van der Waals surface area contributed by atoms with Crippen molar-refractivity contribution in [1.29, 1.82) is 0 Å². The fourth-order valence-electron chi connectivity index (χ4n) is 4.80. The van der Waals surface area contributed by atoms with E-state index in [2.05, 4.69) is 10.2 Å². The molecule has 2 heterocycles. The Kier molecular flexibility index (Phi) is 7.87. The molecule has 4 rings (SSSR count). The number of nitrogens with one attached hydrogen (secondary N) is 1. The number of carbonyl (C=O) groups excluding carboxylic acids is 1. The number of oxazole rings is 1. The van der Waals surface area contributed by atoms with Crippen molar-refractivity contribution >= 4 is 12.4 Å². The van der Waals surface area contributed by atoms with Crippen LogP contribution in [-0.4, -0.2) is 64.8 Å². The molecular formula is C23H31N3O6. The summed E-state index contributed by atoms with van der Waals surface area (Å²) >= 11 is 0. The molecule has 0 radical (unpaired) electrons. The molecule has 9 heteroatoms. The van der Waals surface area contributed by atoms with Gasteiger partial charge < -0.3 is 24.7 Å². The van der Waals surface area contributed by atoms with Gasteiger partial charge in [-0.3, -0.25) is 14.5 Å². The van der Waals surface area contributed by atoms with Crippen molar-refractivity contribution < 1.29 is 29.0 Å². The van der Waals surface area contributed by atoms with E-state index in [4.69, 9.17) is 24.0 Å². The summed E-state index contributed by atoms with van der Waals surface area (Å²) in [5.74, 6) is 2.99. The molecule has 2 fully saturated rings. The third-order valence-corrected chi connectivity index (χ3v) is 6.21. The summed E-state index contributed by atoms with van der Waals surface area (Å²) in [4.78, 5) is 26.9. The number of aromatic nitrogens is 1. The molecule has 9 nitrogen and oxygen atoms in total. The topological polar surface area (TPSA) is 125 Å². The molecule has 0 spiro atoms. The molecule has 1 aromatic heterocycles. The van der Waals surface area contributed by atoms with Gasteiger partial charge in [-0.2, -0.15) is 0 Å². The lowest BCUT2D eigenvalue weighted by Gasteiger charge is -2.35. The van der Waals surface area contributed by atoms with Crippen LogP contribution in [0.4, 0.5) is 0 Å². The van der Waals surface area contributed by atoms with Crippen LogP contribution in [0.25, 0.3) is 11.5 Å². The van der Waals surface area contributed by atoms with Crippen LogP contribution < -0.4 is 10.1 Å². The lowest BCUT2D eigenvalue weighted by molar-refractivity contribution is -0.123. The highest BCUT2D eigenvalue weighted by Crippen LogP contribution is 2.38. The molecule has 2 aliphatic rings. The van der Waals surface area contributed by atoms with Crippen LogP contribution in [-0.2, 0) is 16.1 Å². The van der Waals surface area contributed by atoms with Gasteiger partial charge in [0.1, 0.15) is 11.5 Å². The number of carboxylic acid groups (broad SMARTS) is 1. The Bertz CT molecular complexity index is 930. The zero-order chi connectivity index (χ0) is 23.3. The van der Waals surface area contributed by atoms with E-state index in [1.807, 2.05) is 31.2 Å². The second-order valence-corrected chi connectivity index (χ2v) is 8.39. The van der Waals surface area contributed by atoms with Crippen LogP contribution in [0.5, 0.6) is 5.75 Å². The van der Waals surface area contributed by atoms with Gasteiger partial charge in [-0.1, -0.05) is 12.1 Å². The molecule has 1 aromatic carbocycles. The smallest absolute Gasteiger partial charge is 0.290 e. The molecular weight excluding hydrogens is 414 g/mol. The van der Waals surface area contributed by atoms with Gasteiger partial charge in [0.25, 0.3) is 6.47 Å². The van der Waals surface area contributed by atoms with Crippen LogP contribution in [0.1, 0.15) is 31.2 Å². The Hall–Kier alpha value is -2.91. The molecule has 174 valence electrons. The monoisotopic (exact) mass is 445 g/mol. The van der Waals surface area contributed by atoms with E-state index < -0.39 is 6.10 Å². The number of likely N-dealkylation sites (tertiary alicyclic amines) is 1. The zero-order valence-corrected chi connectivity index (χ0v) is 18.7. The lowest BCUT2D eigenvalue weighted by Crippen LogP contribution is -2.48. The Morgan fingerprint density at radius 3 is 2.62 bits per heavy atom. The van der Waals surface area contributed by atoms with Crippen molar-refractivity contribution in [2.75, 3.05) is 20.2 Å². The van der Waals surface area contributed by atoms with Gasteiger partial charge in [-0.15, -0.1) is 0 Å². The third-order valence-electron chi connectivity index (χ3n) is 6.21. The molecule has 0 bridgehead atoms. The van der Waals surface area contributed by atoms with Crippen LogP contribution in [0, 0.1) is 18.8 Å². The van der Waals surface area contributed by atoms with Gasteiger partial charge >= 0.3 is 0 Å². The highest BCUT2D eigenvalue weighted by atomic mass is 16.5. The first kappa shape index (κ1) is 23.7. The van der Waals surface area contributed by atoms with Crippen LogP contribution >= 0.6 is 0 Å². The number of para-hydroxylation sites is 1. The van der Waals surface area contributed by atoms with Crippen molar-refractivity contribution in [3.8, 4) is 17.2 Å². The fourth-order valence-corrected chi connectivity index (χ4v) is 4.80. The lowest BCUT2D eigenvalue weighted by atomic mass is 9.77. The minimum absolute atomic E-state index is 0.0792. The van der Waals surface area contributed by atoms with Crippen molar-refractivity contribution in [3.05, 3.63) is 35.7 Å². The summed E-state index contributed by atoms with van der Waals surface area (Å²) in [6, 6.07) is 7.57. The summed E-state index contributed by atoms with van der Waals surface area (Å²) in [7, 11) is 1.64. The van der Waals surface area contributed by atoms with Crippen LogP contribution in [0.3, 0.4) is 0 Å². The Balaban J connectivity index is 0.000000913. The summed E-state index contributed by atoms with van der Waals surface area (Å²) in [5, 5.41) is 20.2. The van der Waals surface area contributed by atoms with E-state index in [0.717, 1.165) is 55.2 Å². The number of amides is 1. The second kappa shape index (κ2) is 10.6. The number of aryl methyl sites for hydroxylation is 1. The molecule has 1 aliphatic carbocycles. The highest BCUT2D eigenvalue weighted by Gasteiger charge is 2.42. The average molecular weight is 446 g/mol. The van der Waals surface area contributed by atoms with Gasteiger partial charge in [0.15, 0.2) is 0 Å². The average Bonchev–Trinajstić information content (AvgIpc) is 3.31. The normalized spacial score (nSPS) is 24.8. The number of ether oxygens (including phenoxy) is 1. The molecule has 1 aliphatic heterocycles. The number of rotatable bonds is 5. The number of carbonyl (C=O) groups is 2. The predicted molar refractivity (Wildman–Crippen MR) is 117 cm³/mol. The zero-order valence-electron chi connectivity index (χ0n) is 18.7. The number of fused-ring (bicyclic) bond motifs is 1. The largest absolute Gasteiger partial charge is 0.496 e. The number of aliphatic hydroxyl groups excluding tert-OH is 1. The molecule has 32 heavy (non-hydrogen) atoms. The number of hydrogen-bond acceptors (Lipinski definition) is 7. The molecule has 1 amide bonds. The van der Waals surface area contributed by atoms with Gasteiger partial charge in [-0.05, 0) is 43.7 Å². The standard InChI is InChI=1S/C22H29N3O4.CH2O2/c1-13-19(24-22(29-13)17-6-4-5-7-21(17)28-3)12-25-10-15-8-18(23-14(2)26)20(27)9-16(15)11-25;2-1-3/h4-7,15-16,18,20,27H,8-12H2,1-3H3,(H,23,26);1H,(H,2,3)/t15-,16+,18-,20-;/m0./s1. The Morgan fingerprint density at radius 2 is 1.97 bits per heavy atom. The summed E-state index contributed by atoms with van der Waals surface area (Å²) in [6.07, 6.45) is 1.09.